The number of anilines is 1. The zero-order valence-electron chi connectivity index (χ0n) is 11.6. The van der Waals surface area contributed by atoms with Crippen LogP contribution in [0.5, 0.6) is 5.75 Å². The molecule has 0 unspecified atom stereocenters. The molecule has 0 aliphatic carbocycles. The van der Waals surface area contributed by atoms with Gasteiger partial charge in [-0.25, -0.2) is 0 Å². The summed E-state index contributed by atoms with van der Waals surface area (Å²) in [4.78, 5) is 12.1. The number of nitrogens with one attached hydrogen (secondary N) is 1. The highest BCUT2D eigenvalue weighted by Crippen LogP contribution is 2.23. The Bertz CT molecular complexity index is 721. The highest BCUT2D eigenvalue weighted by atomic mass is 35.5. The fourth-order valence-corrected chi connectivity index (χ4v) is 2.29. The van der Waals surface area contributed by atoms with Crippen LogP contribution in [0.15, 0.2) is 42.5 Å². The minimum atomic E-state index is -0.744. The summed E-state index contributed by atoms with van der Waals surface area (Å²) in [6.45, 7) is 1.61. The number of nitriles is 1. The molecule has 1 N–H and O–H groups in total. The lowest BCUT2D eigenvalue weighted by Crippen LogP contribution is -2.30. The summed E-state index contributed by atoms with van der Waals surface area (Å²) < 4.78 is 5.52. The Morgan fingerprint density at radius 3 is 2.55 bits per heavy atom. The van der Waals surface area contributed by atoms with Crippen molar-refractivity contribution >= 4 is 34.8 Å². The predicted octanol–water partition coefficient (Wildman–Crippen LogP) is 4.27. The summed E-state index contributed by atoms with van der Waals surface area (Å²) in [7, 11) is 0. The molecule has 2 aromatic carbocycles. The number of benzene rings is 2. The highest BCUT2D eigenvalue weighted by Gasteiger charge is 2.15. The van der Waals surface area contributed by atoms with Crippen molar-refractivity contribution in [1.29, 1.82) is 5.26 Å². The first-order valence-electron chi connectivity index (χ1n) is 6.41. The molecule has 2 rings (SSSR count). The van der Waals surface area contributed by atoms with Gasteiger partial charge in [-0.15, -0.1) is 0 Å². The molecule has 112 valence electrons. The molecule has 0 aliphatic heterocycles. The van der Waals surface area contributed by atoms with Crippen LogP contribution in [-0.2, 0) is 4.79 Å². The number of carbonyl (C=O) groups is 1. The van der Waals surface area contributed by atoms with Crippen LogP contribution >= 0.6 is 23.2 Å². The number of ether oxygens (including phenoxy) is 1. The minimum absolute atomic E-state index is 0.347. The van der Waals surface area contributed by atoms with Crippen LogP contribution in [0.2, 0.25) is 10.0 Å². The standard InChI is InChI=1S/C16H12Cl2N2O2/c1-10(22-15-4-2-3-11(5-15)9-19)16(21)20-14-7-12(17)6-13(18)8-14/h2-8,10H,1H3,(H,20,21)/t10-/m0/s1. The normalized spacial score (nSPS) is 11.4. The van der Waals surface area contributed by atoms with Gasteiger partial charge in [-0.1, -0.05) is 29.3 Å². The van der Waals surface area contributed by atoms with Crippen LogP contribution in [0.25, 0.3) is 0 Å². The van der Waals surface area contributed by atoms with E-state index in [0.717, 1.165) is 0 Å². The SMILES string of the molecule is C[C@H](Oc1cccc(C#N)c1)C(=O)Nc1cc(Cl)cc(Cl)c1. The van der Waals surface area contributed by atoms with Gasteiger partial charge in [0, 0.05) is 15.7 Å². The van der Waals surface area contributed by atoms with Crippen molar-refractivity contribution in [2.24, 2.45) is 0 Å². The van der Waals surface area contributed by atoms with Crippen LogP contribution < -0.4 is 10.1 Å². The van der Waals surface area contributed by atoms with E-state index in [2.05, 4.69) is 5.32 Å². The maximum atomic E-state index is 12.1. The Morgan fingerprint density at radius 2 is 1.91 bits per heavy atom. The van der Waals surface area contributed by atoms with Gasteiger partial charge in [0.15, 0.2) is 6.10 Å². The molecule has 0 aromatic heterocycles. The number of rotatable bonds is 4. The molecule has 2 aromatic rings. The van der Waals surface area contributed by atoms with Gasteiger partial charge >= 0.3 is 0 Å². The van der Waals surface area contributed by atoms with Crippen LogP contribution in [-0.4, -0.2) is 12.0 Å². The Balaban J connectivity index is 2.04. The van der Waals surface area contributed by atoms with E-state index in [0.29, 0.717) is 27.0 Å². The predicted molar refractivity (Wildman–Crippen MR) is 86.3 cm³/mol. The summed E-state index contributed by atoms with van der Waals surface area (Å²) in [5.74, 6) is 0.103. The largest absolute Gasteiger partial charge is 0.481 e. The number of hydrogen-bond acceptors (Lipinski definition) is 3. The molecule has 0 fully saturated rings. The molecule has 1 atom stereocenters. The zero-order valence-corrected chi connectivity index (χ0v) is 13.2. The van der Waals surface area contributed by atoms with E-state index in [1.165, 1.54) is 0 Å². The highest BCUT2D eigenvalue weighted by molar-refractivity contribution is 6.35. The van der Waals surface area contributed by atoms with Crippen LogP contribution in [0.4, 0.5) is 5.69 Å². The Kier molecular flexibility index (Phi) is 5.26. The molecule has 0 heterocycles. The van der Waals surface area contributed by atoms with Gasteiger partial charge in [0.05, 0.1) is 11.6 Å². The zero-order chi connectivity index (χ0) is 16.1. The van der Waals surface area contributed by atoms with Crippen molar-refractivity contribution in [1.82, 2.24) is 0 Å². The van der Waals surface area contributed by atoms with E-state index in [1.54, 1.807) is 49.4 Å². The third-order valence-electron chi connectivity index (χ3n) is 2.78. The second kappa shape index (κ2) is 7.17. The third-order valence-corrected chi connectivity index (χ3v) is 3.21. The summed E-state index contributed by atoms with van der Waals surface area (Å²) in [5, 5.41) is 12.4. The Labute approximate surface area is 138 Å². The van der Waals surface area contributed by atoms with Crippen molar-refractivity contribution in [3.63, 3.8) is 0 Å². The van der Waals surface area contributed by atoms with E-state index in [4.69, 9.17) is 33.2 Å². The molecule has 0 saturated heterocycles. The van der Waals surface area contributed by atoms with Crippen LogP contribution in [0.1, 0.15) is 12.5 Å². The van der Waals surface area contributed by atoms with E-state index < -0.39 is 6.10 Å². The summed E-state index contributed by atoms with van der Waals surface area (Å²) in [6, 6.07) is 13.4. The molecule has 22 heavy (non-hydrogen) atoms. The van der Waals surface area contributed by atoms with Gasteiger partial charge in [0.2, 0.25) is 0 Å². The lowest BCUT2D eigenvalue weighted by Gasteiger charge is -2.15. The third kappa shape index (κ3) is 4.39. The van der Waals surface area contributed by atoms with Gasteiger partial charge in [0.25, 0.3) is 5.91 Å². The monoisotopic (exact) mass is 334 g/mol. The maximum Gasteiger partial charge on any atom is 0.265 e. The lowest BCUT2D eigenvalue weighted by molar-refractivity contribution is -0.122. The van der Waals surface area contributed by atoms with Gasteiger partial charge in [-0.3, -0.25) is 4.79 Å². The molecular formula is C16H12Cl2N2O2. The van der Waals surface area contributed by atoms with Crippen molar-refractivity contribution in [3.05, 3.63) is 58.1 Å². The van der Waals surface area contributed by atoms with Crippen molar-refractivity contribution in [2.75, 3.05) is 5.32 Å². The van der Waals surface area contributed by atoms with E-state index in [-0.39, 0.29) is 5.91 Å². The molecule has 0 spiro atoms. The summed E-state index contributed by atoms with van der Waals surface area (Å²) in [6.07, 6.45) is -0.744. The summed E-state index contributed by atoms with van der Waals surface area (Å²) in [5.41, 5.74) is 0.954. The molecule has 0 bridgehead atoms. The van der Waals surface area contributed by atoms with Crippen molar-refractivity contribution in [3.8, 4) is 11.8 Å². The number of nitrogens with zero attached hydrogens (tertiary/aromatic N) is 1. The Morgan fingerprint density at radius 1 is 1.23 bits per heavy atom. The number of hydrogen-bond donors (Lipinski definition) is 1. The molecule has 0 aliphatic rings. The van der Waals surface area contributed by atoms with E-state index >= 15 is 0 Å². The molecular weight excluding hydrogens is 323 g/mol. The van der Waals surface area contributed by atoms with Crippen LogP contribution in [0, 0.1) is 11.3 Å². The maximum absolute atomic E-state index is 12.1. The number of amides is 1. The first-order valence-corrected chi connectivity index (χ1v) is 7.17. The molecule has 1 amide bonds. The van der Waals surface area contributed by atoms with Crippen molar-refractivity contribution < 1.29 is 9.53 Å². The first-order chi connectivity index (χ1) is 10.5. The molecule has 0 radical (unpaired) electrons. The van der Waals surface area contributed by atoms with Gasteiger partial charge in [-0.05, 0) is 43.3 Å². The second-order valence-electron chi connectivity index (χ2n) is 4.55. The smallest absolute Gasteiger partial charge is 0.265 e. The quantitative estimate of drug-likeness (QED) is 0.907. The summed E-state index contributed by atoms with van der Waals surface area (Å²) >= 11 is 11.8. The van der Waals surface area contributed by atoms with E-state index in [9.17, 15) is 4.79 Å². The number of halogens is 2. The lowest BCUT2D eigenvalue weighted by atomic mass is 10.2. The topological polar surface area (TPSA) is 62.1 Å². The van der Waals surface area contributed by atoms with Gasteiger partial charge < -0.3 is 10.1 Å². The van der Waals surface area contributed by atoms with Gasteiger partial charge in [-0.2, -0.15) is 5.26 Å². The average Bonchev–Trinajstić information content (AvgIpc) is 2.46. The fraction of sp³-hybridized carbons (Fsp3) is 0.125. The van der Waals surface area contributed by atoms with Gasteiger partial charge in [0.1, 0.15) is 5.75 Å². The average molecular weight is 335 g/mol. The fourth-order valence-electron chi connectivity index (χ4n) is 1.77. The first kappa shape index (κ1) is 16.2. The van der Waals surface area contributed by atoms with Crippen molar-refractivity contribution in [2.45, 2.75) is 13.0 Å². The minimum Gasteiger partial charge on any atom is -0.481 e. The molecule has 0 saturated carbocycles. The second-order valence-corrected chi connectivity index (χ2v) is 5.42. The number of carbonyl (C=O) groups excluding carboxylic acids is 1. The Hall–Kier alpha value is -2.22. The molecule has 4 nitrogen and oxygen atoms in total. The van der Waals surface area contributed by atoms with Crippen LogP contribution in [0.3, 0.4) is 0 Å². The van der Waals surface area contributed by atoms with E-state index in [1.807, 2.05) is 6.07 Å². The molecule has 6 heteroatoms.